The van der Waals surface area contributed by atoms with Gasteiger partial charge in [-0.3, -0.25) is 9.78 Å². The van der Waals surface area contributed by atoms with Crippen LogP contribution in [0.3, 0.4) is 0 Å². The molecule has 2 aromatic rings. The molecule has 140 valence electrons. The molecule has 1 fully saturated rings. The second kappa shape index (κ2) is 8.20. The molecule has 1 aromatic carbocycles. The second-order valence-electron chi connectivity index (χ2n) is 6.88. The van der Waals surface area contributed by atoms with Crippen LogP contribution in [-0.2, 0) is 23.1 Å². The highest BCUT2D eigenvalue weighted by Crippen LogP contribution is 2.34. The zero-order chi connectivity index (χ0) is 17.1. The third-order valence-electron chi connectivity index (χ3n) is 5.38. The van der Waals surface area contributed by atoms with Crippen LogP contribution in [0.5, 0.6) is 0 Å². The van der Waals surface area contributed by atoms with Crippen molar-refractivity contribution in [1.82, 2.24) is 15.3 Å². The highest BCUT2D eigenvalue weighted by Gasteiger charge is 2.34. The Labute approximate surface area is 159 Å². The van der Waals surface area contributed by atoms with E-state index < -0.39 is 0 Å². The third-order valence-corrected chi connectivity index (χ3v) is 5.38. The molecule has 0 saturated carbocycles. The molecule has 26 heavy (non-hydrogen) atoms. The number of nitrogens with zero attached hydrogens (tertiary/aromatic N) is 1. The molecule has 0 atom stereocenters. The topological polar surface area (TPSA) is 79.0 Å². The van der Waals surface area contributed by atoms with Gasteiger partial charge in [0.1, 0.15) is 0 Å². The molecule has 0 spiro atoms. The molecule has 3 heterocycles. The van der Waals surface area contributed by atoms with E-state index in [9.17, 15) is 4.79 Å². The summed E-state index contributed by atoms with van der Waals surface area (Å²) < 4.78 is 5.58. The van der Waals surface area contributed by atoms with Gasteiger partial charge in [-0.15, -0.1) is 12.4 Å². The molecule has 0 aliphatic carbocycles. The Hall–Kier alpha value is -1.89. The van der Waals surface area contributed by atoms with Crippen LogP contribution in [0.25, 0.3) is 0 Å². The first-order valence-corrected chi connectivity index (χ1v) is 8.97. The molecule has 2 aliphatic rings. The minimum absolute atomic E-state index is 0. The van der Waals surface area contributed by atoms with E-state index in [1.807, 2.05) is 6.07 Å². The summed E-state index contributed by atoms with van der Waals surface area (Å²) >= 11 is 0. The van der Waals surface area contributed by atoms with Crippen molar-refractivity contribution in [2.75, 3.05) is 31.6 Å². The quantitative estimate of drug-likeness (QED) is 0.760. The summed E-state index contributed by atoms with van der Waals surface area (Å²) in [4.78, 5) is 19.8. The fourth-order valence-electron chi connectivity index (χ4n) is 3.83. The van der Waals surface area contributed by atoms with Crippen molar-refractivity contribution in [2.45, 2.75) is 31.2 Å². The van der Waals surface area contributed by atoms with Crippen LogP contribution in [0, 0.1) is 0 Å². The standard InChI is InChI=1S/C19H24N4O2.ClH/c24-17-15-6-9-20-12-16(15)22-18(23-17)21-13-19(7-10-25-11-8-19)14-4-2-1-3-5-14;/h1-5,20H,6-13H2,(H2,21,22,23,24);1H. The average Bonchev–Trinajstić information content (AvgIpc) is 2.68. The molecule has 2 aliphatic heterocycles. The van der Waals surface area contributed by atoms with Crippen LogP contribution in [0.4, 0.5) is 5.95 Å². The van der Waals surface area contributed by atoms with E-state index in [4.69, 9.17) is 4.74 Å². The van der Waals surface area contributed by atoms with Gasteiger partial charge < -0.3 is 15.4 Å². The van der Waals surface area contributed by atoms with Crippen molar-refractivity contribution in [2.24, 2.45) is 0 Å². The fraction of sp³-hybridized carbons (Fsp3) is 0.474. The van der Waals surface area contributed by atoms with E-state index in [0.29, 0.717) is 12.5 Å². The zero-order valence-electron chi connectivity index (χ0n) is 14.7. The van der Waals surface area contributed by atoms with Crippen molar-refractivity contribution in [3.8, 4) is 0 Å². The summed E-state index contributed by atoms with van der Waals surface area (Å²) in [6, 6.07) is 10.6. The van der Waals surface area contributed by atoms with Gasteiger partial charge in [-0.2, -0.15) is 0 Å². The maximum absolute atomic E-state index is 12.3. The lowest BCUT2D eigenvalue weighted by atomic mass is 9.74. The number of aromatic amines is 1. The molecule has 7 heteroatoms. The first kappa shape index (κ1) is 18.9. The van der Waals surface area contributed by atoms with Crippen LogP contribution in [-0.4, -0.2) is 36.3 Å². The van der Waals surface area contributed by atoms with Crippen molar-refractivity contribution in [3.63, 3.8) is 0 Å². The first-order chi connectivity index (χ1) is 12.3. The predicted octanol–water partition coefficient (Wildman–Crippen LogP) is 2.00. The van der Waals surface area contributed by atoms with Crippen molar-refractivity contribution >= 4 is 18.4 Å². The lowest BCUT2D eigenvalue weighted by Gasteiger charge is -2.38. The molecular weight excluding hydrogens is 352 g/mol. The Morgan fingerprint density at radius 1 is 1.19 bits per heavy atom. The van der Waals surface area contributed by atoms with Crippen molar-refractivity contribution in [3.05, 3.63) is 57.5 Å². The van der Waals surface area contributed by atoms with Gasteiger partial charge in [-0.1, -0.05) is 30.3 Å². The summed E-state index contributed by atoms with van der Waals surface area (Å²) in [5.74, 6) is 0.564. The number of ether oxygens (including phenoxy) is 1. The minimum Gasteiger partial charge on any atom is -0.381 e. The van der Waals surface area contributed by atoms with Gasteiger partial charge in [0.25, 0.3) is 5.56 Å². The molecule has 3 N–H and O–H groups in total. The number of H-pyrrole nitrogens is 1. The van der Waals surface area contributed by atoms with E-state index in [1.165, 1.54) is 5.56 Å². The van der Waals surface area contributed by atoms with Gasteiger partial charge in [0.2, 0.25) is 5.95 Å². The third kappa shape index (κ3) is 3.77. The van der Waals surface area contributed by atoms with E-state index in [1.54, 1.807) is 0 Å². The Morgan fingerprint density at radius 2 is 1.96 bits per heavy atom. The van der Waals surface area contributed by atoms with Gasteiger partial charge in [-0.05, 0) is 31.4 Å². The van der Waals surface area contributed by atoms with E-state index in [-0.39, 0.29) is 23.4 Å². The maximum atomic E-state index is 12.3. The lowest BCUT2D eigenvalue weighted by Crippen LogP contribution is -2.40. The van der Waals surface area contributed by atoms with E-state index in [2.05, 4.69) is 44.9 Å². The number of nitrogens with one attached hydrogen (secondary N) is 3. The first-order valence-electron chi connectivity index (χ1n) is 8.97. The van der Waals surface area contributed by atoms with Crippen LogP contribution in [0.15, 0.2) is 35.1 Å². The normalized spacial score (nSPS) is 18.5. The number of fused-ring (bicyclic) bond motifs is 1. The van der Waals surface area contributed by atoms with Crippen LogP contribution >= 0.6 is 12.4 Å². The van der Waals surface area contributed by atoms with Crippen LogP contribution < -0.4 is 16.2 Å². The molecule has 1 saturated heterocycles. The number of aromatic nitrogens is 2. The number of hydrogen-bond acceptors (Lipinski definition) is 5. The molecule has 0 radical (unpaired) electrons. The second-order valence-corrected chi connectivity index (χ2v) is 6.88. The average molecular weight is 377 g/mol. The predicted molar refractivity (Wildman–Crippen MR) is 104 cm³/mol. The maximum Gasteiger partial charge on any atom is 0.255 e. The molecule has 6 nitrogen and oxygen atoms in total. The summed E-state index contributed by atoms with van der Waals surface area (Å²) in [6.07, 6.45) is 2.66. The number of benzene rings is 1. The monoisotopic (exact) mass is 376 g/mol. The zero-order valence-corrected chi connectivity index (χ0v) is 15.5. The van der Waals surface area contributed by atoms with E-state index >= 15 is 0 Å². The van der Waals surface area contributed by atoms with E-state index in [0.717, 1.165) is 56.8 Å². The van der Waals surface area contributed by atoms with Crippen molar-refractivity contribution in [1.29, 1.82) is 0 Å². The highest BCUT2D eigenvalue weighted by atomic mass is 35.5. The fourth-order valence-corrected chi connectivity index (χ4v) is 3.83. The number of hydrogen-bond donors (Lipinski definition) is 3. The molecule has 1 aromatic heterocycles. The Morgan fingerprint density at radius 3 is 2.73 bits per heavy atom. The van der Waals surface area contributed by atoms with Gasteiger partial charge >= 0.3 is 0 Å². The molecule has 0 unspecified atom stereocenters. The summed E-state index contributed by atoms with van der Waals surface area (Å²) in [5, 5.41) is 6.67. The lowest BCUT2D eigenvalue weighted by molar-refractivity contribution is 0.0543. The van der Waals surface area contributed by atoms with Gasteiger partial charge in [0, 0.05) is 37.3 Å². The molecular formula is C19H25ClN4O2. The SMILES string of the molecule is Cl.O=c1[nH]c(NCC2(c3ccccc3)CCOCC2)nc2c1CCNC2. The number of halogens is 1. The summed E-state index contributed by atoms with van der Waals surface area (Å²) in [5.41, 5.74) is 2.97. The van der Waals surface area contributed by atoms with Crippen LogP contribution in [0.2, 0.25) is 0 Å². The van der Waals surface area contributed by atoms with Gasteiger partial charge in [0.15, 0.2) is 0 Å². The summed E-state index contributed by atoms with van der Waals surface area (Å²) in [6.45, 7) is 3.74. The highest BCUT2D eigenvalue weighted by molar-refractivity contribution is 5.85. The van der Waals surface area contributed by atoms with Gasteiger partial charge in [-0.25, -0.2) is 4.98 Å². The molecule has 0 amide bonds. The van der Waals surface area contributed by atoms with Gasteiger partial charge in [0.05, 0.1) is 5.69 Å². The Bertz CT molecular complexity index is 788. The molecule has 0 bridgehead atoms. The minimum atomic E-state index is -0.0188. The van der Waals surface area contributed by atoms with Crippen molar-refractivity contribution < 1.29 is 4.74 Å². The largest absolute Gasteiger partial charge is 0.381 e. The Balaban J connectivity index is 0.00000196. The number of anilines is 1. The van der Waals surface area contributed by atoms with Crippen LogP contribution in [0.1, 0.15) is 29.7 Å². The smallest absolute Gasteiger partial charge is 0.255 e. The number of rotatable bonds is 4. The molecule has 4 rings (SSSR count). The Kier molecular flexibility index (Phi) is 5.96. The summed E-state index contributed by atoms with van der Waals surface area (Å²) in [7, 11) is 0.